The topological polar surface area (TPSA) is 80.4 Å². The summed E-state index contributed by atoms with van der Waals surface area (Å²) in [5.74, 6) is -0.748. The summed E-state index contributed by atoms with van der Waals surface area (Å²) in [5, 5.41) is 6.94. The van der Waals surface area contributed by atoms with E-state index >= 15 is 0 Å². The van der Waals surface area contributed by atoms with E-state index in [2.05, 4.69) is 26.3 Å². The van der Waals surface area contributed by atoms with E-state index in [0.29, 0.717) is 16.8 Å². The lowest BCUT2D eigenvalue weighted by molar-refractivity contribution is -0.122. The van der Waals surface area contributed by atoms with Gasteiger partial charge in [0, 0.05) is 36.4 Å². The number of hydrogen-bond donors (Lipinski definition) is 2. The minimum absolute atomic E-state index is 0. The van der Waals surface area contributed by atoms with Gasteiger partial charge in [-0.25, -0.2) is 4.98 Å². The van der Waals surface area contributed by atoms with Gasteiger partial charge in [-0.2, -0.15) is 0 Å². The Bertz CT molecular complexity index is 1400. The first kappa shape index (κ1) is 22.1. The molecular formula is C23H21Cl2N5O2. The highest BCUT2D eigenvalue weighted by atomic mass is 35.5. The van der Waals surface area contributed by atoms with E-state index in [9.17, 15) is 9.59 Å². The summed E-state index contributed by atoms with van der Waals surface area (Å²) in [4.78, 5) is 30.2. The Hall–Kier alpha value is -3.13. The number of amides is 2. The summed E-state index contributed by atoms with van der Waals surface area (Å²) < 4.78 is 4.04. The van der Waals surface area contributed by atoms with Crippen molar-refractivity contribution in [2.45, 2.75) is 13.0 Å². The van der Waals surface area contributed by atoms with Crippen molar-refractivity contribution in [1.82, 2.24) is 24.6 Å². The third kappa shape index (κ3) is 3.21. The van der Waals surface area contributed by atoms with Gasteiger partial charge in [-0.3, -0.25) is 19.3 Å². The van der Waals surface area contributed by atoms with Crippen LogP contribution in [0.5, 0.6) is 0 Å². The predicted molar refractivity (Wildman–Crippen MR) is 128 cm³/mol. The maximum absolute atomic E-state index is 13.0. The number of nitrogens with zero attached hydrogens (tertiary/aromatic N) is 3. The molecule has 0 saturated carbocycles. The van der Waals surface area contributed by atoms with E-state index in [1.807, 2.05) is 47.1 Å². The number of carbonyl (C=O) groups is 2. The number of hydrogen-bond acceptors (Lipinski definition) is 4. The fraction of sp³-hybridized carbons (Fsp3) is 0.174. The van der Waals surface area contributed by atoms with Crippen LogP contribution in [0.4, 0.5) is 0 Å². The van der Waals surface area contributed by atoms with E-state index in [-0.39, 0.29) is 36.6 Å². The molecule has 2 aliphatic heterocycles. The van der Waals surface area contributed by atoms with Gasteiger partial charge >= 0.3 is 0 Å². The first-order chi connectivity index (χ1) is 14.7. The van der Waals surface area contributed by atoms with Gasteiger partial charge in [0.15, 0.2) is 0 Å². The molecule has 32 heavy (non-hydrogen) atoms. The molecule has 3 aromatic heterocycles. The average Bonchev–Trinajstić information content (AvgIpc) is 3.39. The van der Waals surface area contributed by atoms with Crippen molar-refractivity contribution in [3.63, 3.8) is 0 Å². The van der Waals surface area contributed by atoms with Gasteiger partial charge in [0.2, 0.25) is 0 Å². The van der Waals surface area contributed by atoms with E-state index in [4.69, 9.17) is 0 Å². The van der Waals surface area contributed by atoms with Crippen molar-refractivity contribution in [2.75, 3.05) is 13.1 Å². The van der Waals surface area contributed by atoms with Crippen LogP contribution in [0, 0.1) is 0 Å². The smallest absolute Gasteiger partial charge is 0.261 e. The van der Waals surface area contributed by atoms with Crippen LogP contribution in [0.3, 0.4) is 0 Å². The van der Waals surface area contributed by atoms with Gasteiger partial charge in [-0.15, -0.1) is 24.8 Å². The number of carbonyl (C=O) groups excluding carboxylic acids is 2. The first-order valence-electron chi connectivity index (χ1n) is 10.1. The maximum Gasteiger partial charge on any atom is 0.261 e. The van der Waals surface area contributed by atoms with E-state index in [1.54, 1.807) is 6.20 Å². The van der Waals surface area contributed by atoms with Crippen LogP contribution in [-0.4, -0.2) is 38.9 Å². The standard InChI is InChI=1S/C23H19N5O2.2ClH/c29-22-19(20(23(30)26-22)17-12-25-18-6-1-2-10-28(17)18)16-13-27-11-9-24-8-7-14-4-3-5-15(16)21(14)27;;/h1-6,10,12-13,24H,7-9,11H2,(H,26,29,30);2*1H. The largest absolute Gasteiger partial charge is 0.345 e. The van der Waals surface area contributed by atoms with Crippen LogP contribution in [0.2, 0.25) is 0 Å². The molecule has 164 valence electrons. The highest BCUT2D eigenvalue weighted by molar-refractivity contribution is 6.49. The van der Waals surface area contributed by atoms with Crippen LogP contribution in [0.15, 0.2) is 55.0 Å². The molecule has 2 aliphatic rings. The number of imidazole rings is 1. The van der Waals surface area contributed by atoms with Crippen LogP contribution in [0.1, 0.15) is 16.8 Å². The molecule has 4 aromatic rings. The average molecular weight is 470 g/mol. The molecule has 5 heterocycles. The quantitative estimate of drug-likeness (QED) is 0.442. The molecule has 6 rings (SSSR count). The molecule has 0 aliphatic carbocycles. The second-order valence-corrected chi connectivity index (χ2v) is 7.65. The van der Waals surface area contributed by atoms with Crippen LogP contribution in [-0.2, 0) is 22.6 Å². The molecule has 2 N–H and O–H groups in total. The number of para-hydroxylation sites is 1. The molecule has 0 unspecified atom stereocenters. The summed E-state index contributed by atoms with van der Waals surface area (Å²) >= 11 is 0. The zero-order valence-electron chi connectivity index (χ0n) is 17.0. The van der Waals surface area contributed by atoms with Crippen molar-refractivity contribution >= 4 is 64.3 Å². The molecule has 0 saturated heterocycles. The van der Waals surface area contributed by atoms with E-state index in [0.717, 1.165) is 48.2 Å². The zero-order chi connectivity index (χ0) is 20.2. The van der Waals surface area contributed by atoms with Gasteiger partial charge in [-0.05, 0) is 30.7 Å². The number of imide groups is 1. The normalized spacial score (nSPS) is 15.9. The van der Waals surface area contributed by atoms with Crippen LogP contribution >= 0.6 is 24.8 Å². The molecule has 0 bridgehead atoms. The maximum atomic E-state index is 13.0. The van der Waals surface area contributed by atoms with Crippen molar-refractivity contribution in [2.24, 2.45) is 0 Å². The fourth-order valence-corrected chi connectivity index (χ4v) is 4.64. The summed E-state index contributed by atoms with van der Waals surface area (Å²) in [6, 6.07) is 11.8. The van der Waals surface area contributed by atoms with Gasteiger partial charge in [0.05, 0.1) is 28.6 Å². The Morgan fingerprint density at radius 1 is 0.938 bits per heavy atom. The molecule has 0 spiro atoms. The molecule has 9 heteroatoms. The fourth-order valence-electron chi connectivity index (χ4n) is 4.64. The first-order valence-corrected chi connectivity index (χ1v) is 10.1. The van der Waals surface area contributed by atoms with Crippen molar-refractivity contribution in [3.8, 4) is 0 Å². The Kier molecular flexibility index (Phi) is 5.81. The summed E-state index contributed by atoms with van der Waals surface area (Å²) in [6.07, 6.45) is 6.45. The van der Waals surface area contributed by atoms with Crippen molar-refractivity contribution < 1.29 is 9.59 Å². The number of fused-ring (bicyclic) bond motifs is 1. The van der Waals surface area contributed by atoms with Gasteiger partial charge in [0.25, 0.3) is 11.8 Å². The van der Waals surface area contributed by atoms with Gasteiger partial charge in [-0.1, -0.05) is 24.3 Å². The lowest BCUT2D eigenvalue weighted by atomic mass is 9.97. The summed E-state index contributed by atoms with van der Waals surface area (Å²) in [7, 11) is 0. The number of rotatable bonds is 2. The molecule has 0 fully saturated rings. The Morgan fingerprint density at radius 2 is 1.78 bits per heavy atom. The Balaban J connectivity index is 0.00000122. The highest BCUT2D eigenvalue weighted by Gasteiger charge is 2.35. The van der Waals surface area contributed by atoms with E-state index < -0.39 is 0 Å². The van der Waals surface area contributed by atoms with E-state index in [1.165, 1.54) is 5.56 Å². The Morgan fingerprint density at radius 3 is 2.66 bits per heavy atom. The number of halogens is 2. The van der Waals surface area contributed by atoms with Crippen molar-refractivity contribution in [1.29, 1.82) is 0 Å². The minimum Gasteiger partial charge on any atom is -0.345 e. The Labute approximate surface area is 196 Å². The number of aromatic nitrogens is 3. The molecule has 0 radical (unpaired) electrons. The molecule has 2 amide bonds. The van der Waals surface area contributed by atoms with Gasteiger partial charge < -0.3 is 9.88 Å². The second kappa shape index (κ2) is 8.43. The predicted octanol–water partition coefficient (Wildman–Crippen LogP) is 2.85. The van der Waals surface area contributed by atoms with Crippen molar-refractivity contribution in [3.05, 3.63) is 71.8 Å². The van der Waals surface area contributed by atoms with Crippen LogP contribution < -0.4 is 10.6 Å². The second-order valence-electron chi connectivity index (χ2n) is 7.65. The minimum atomic E-state index is -0.385. The third-order valence-electron chi connectivity index (χ3n) is 5.96. The molecule has 7 nitrogen and oxygen atoms in total. The SMILES string of the molecule is Cl.Cl.O=C1NC(=O)C(c2cnc3ccccn23)=C1c1cn2c3c(cccc13)CCNCC2. The lowest BCUT2D eigenvalue weighted by Crippen LogP contribution is -2.24. The number of nitrogens with one attached hydrogen (secondary N) is 2. The number of benzene rings is 1. The highest BCUT2D eigenvalue weighted by Crippen LogP contribution is 2.37. The monoisotopic (exact) mass is 469 g/mol. The summed E-state index contributed by atoms with van der Waals surface area (Å²) in [6.45, 7) is 2.59. The molecule has 0 atom stereocenters. The zero-order valence-corrected chi connectivity index (χ0v) is 18.6. The van der Waals surface area contributed by atoms with Crippen LogP contribution in [0.25, 0.3) is 27.7 Å². The number of pyridine rings is 1. The summed E-state index contributed by atoms with van der Waals surface area (Å²) in [5.41, 5.74) is 5.31. The molecular weight excluding hydrogens is 449 g/mol. The lowest BCUT2D eigenvalue weighted by Gasteiger charge is -2.14. The molecule has 1 aromatic carbocycles. The third-order valence-corrected chi connectivity index (χ3v) is 5.96. The van der Waals surface area contributed by atoms with Gasteiger partial charge in [0.1, 0.15) is 5.65 Å².